The highest BCUT2D eigenvalue weighted by molar-refractivity contribution is 5.21. The predicted molar refractivity (Wildman–Crippen MR) is 49.0 cm³/mol. The van der Waals surface area contributed by atoms with Crippen LogP contribution in [0.1, 0.15) is 30.7 Å². The normalized spacial score (nSPS) is 27.8. The van der Waals surface area contributed by atoms with E-state index in [0.29, 0.717) is 5.92 Å². The molecule has 1 N–H and O–H groups in total. The Morgan fingerprint density at radius 2 is 1.85 bits per heavy atom. The maximum Gasteiger partial charge on any atom is 0.123 e. The molecule has 2 atom stereocenters. The molecule has 0 unspecified atom stereocenters. The van der Waals surface area contributed by atoms with Crippen molar-refractivity contribution in [2.75, 3.05) is 0 Å². The molecule has 1 aromatic carbocycles. The third-order valence-electron chi connectivity index (χ3n) is 2.75. The van der Waals surface area contributed by atoms with Gasteiger partial charge in [0, 0.05) is 0 Å². The summed E-state index contributed by atoms with van der Waals surface area (Å²) in [7, 11) is 0. The number of benzene rings is 1. The Kier molecular flexibility index (Phi) is 2.32. The van der Waals surface area contributed by atoms with Crippen LogP contribution in [-0.2, 0) is 0 Å². The van der Waals surface area contributed by atoms with Crippen LogP contribution in [0, 0.1) is 5.82 Å². The molecule has 70 valence electrons. The number of rotatable bonds is 1. The van der Waals surface area contributed by atoms with Crippen molar-refractivity contribution in [3.63, 3.8) is 0 Å². The maximum absolute atomic E-state index is 12.6. The van der Waals surface area contributed by atoms with Crippen LogP contribution in [-0.4, -0.2) is 11.2 Å². The number of hydrogen-bond donors (Lipinski definition) is 1. The first-order valence-corrected chi connectivity index (χ1v) is 4.69. The molecule has 0 aromatic heterocycles. The van der Waals surface area contributed by atoms with E-state index in [1.54, 1.807) is 0 Å². The average Bonchev–Trinajstić information content (AvgIpc) is 2.53. The molecule has 0 saturated heterocycles. The van der Waals surface area contributed by atoms with Crippen molar-refractivity contribution in [3.8, 4) is 0 Å². The first kappa shape index (κ1) is 8.70. The van der Waals surface area contributed by atoms with Crippen molar-refractivity contribution in [2.45, 2.75) is 31.3 Å². The van der Waals surface area contributed by atoms with Gasteiger partial charge in [0.05, 0.1) is 6.10 Å². The van der Waals surface area contributed by atoms with Gasteiger partial charge in [-0.2, -0.15) is 0 Å². The first-order valence-electron chi connectivity index (χ1n) is 4.69. The first-order chi connectivity index (χ1) is 6.25. The Balaban J connectivity index is 2.13. The monoisotopic (exact) mass is 180 g/mol. The van der Waals surface area contributed by atoms with Crippen LogP contribution >= 0.6 is 0 Å². The summed E-state index contributed by atoms with van der Waals surface area (Å²) >= 11 is 0. The van der Waals surface area contributed by atoms with Gasteiger partial charge in [0.25, 0.3) is 0 Å². The zero-order valence-corrected chi connectivity index (χ0v) is 7.41. The second-order valence-electron chi connectivity index (χ2n) is 3.72. The quantitative estimate of drug-likeness (QED) is 0.703. The van der Waals surface area contributed by atoms with E-state index in [4.69, 9.17) is 0 Å². The minimum absolute atomic E-state index is 0.157. The average molecular weight is 180 g/mol. The van der Waals surface area contributed by atoms with E-state index in [0.717, 1.165) is 24.8 Å². The molecule has 0 spiro atoms. The van der Waals surface area contributed by atoms with Crippen LogP contribution in [0.2, 0.25) is 0 Å². The van der Waals surface area contributed by atoms with Gasteiger partial charge in [-0.25, -0.2) is 4.39 Å². The molecule has 2 heteroatoms. The minimum atomic E-state index is -0.192. The fourth-order valence-corrected chi connectivity index (χ4v) is 2.00. The Bertz CT molecular complexity index is 281. The van der Waals surface area contributed by atoms with Gasteiger partial charge in [0.15, 0.2) is 0 Å². The highest BCUT2D eigenvalue weighted by Gasteiger charge is 2.23. The van der Waals surface area contributed by atoms with Crippen LogP contribution < -0.4 is 0 Å². The Morgan fingerprint density at radius 3 is 2.38 bits per heavy atom. The summed E-state index contributed by atoms with van der Waals surface area (Å²) in [4.78, 5) is 0. The van der Waals surface area contributed by atoms with Crippen LogP contribution in [0.3, 0.4) is 0 Å². The highest BCUT2D eigenvalue weighted by Crippen LogP contribution is 2.34. The molecule has 0 radical (unpaired) electrons. The van der Waals surface area contributed by atoms with Gasteiger partial charge < -0.3 is 5.11 Å². The topological polar surface area (TPSA) is 20.2 Å². The predicted octanol–water partition coefficient (Wildman–Crippen LogP) is 2.45. The van der Waals surface area contributed by atoms with Crippen molar-refractivity contribution in [1.29, 1.82) is 0 Å². The summed E-state index contributed by atoms with van der Waals surface area (Å²) < 4.78 is 12.6. The van der Waals surface area contributed by atoms with Crippen molar-refractivity contribution >= 4 is 0 Å². The minimum Gasteiger partial charge on any atom is -0.393 e. The fraction of sp³-hybridized carbons (Fsp3) is 0.455. The second-order valence-corrected chi connectivity index (χ2v) is 3.72. The zero-order valence-electron chi connectivity index (χ0n) is 7.41. The van der Waals surface area contributed by atoms with Gasteiger partial charge in [-0.3, -0.25) is 0 Å². The SMILES string of the molecule is O[C@H]1CC[C@H](c2ccc(F)cc2)C1. The van der Waals surface area contributed by atoms with E-state index in [9.17, 15) is 9.50 Å². The van der Waals surface area contributed by atoms with E-state index < -0.39 is 0 Å². The largest absolute Gasteiger partial charge is 0.393 e. The van der Waals surface area contributed by atoms with E-state index in [1.807, 2.05) is 12.1 Å². The second kappa shape index (κ2) is 3.46. The molecular weight excluding hydrogens is 167 g/mol. The lowest BCUT2D eigenvalue weighted by Crippen LogP contribution is -1.99. The van der Waals surface area contributed by atoms with Crippen LogP contribution in [0.5, 0.6) is 0 Å². The van der Waals surface area contributed by atoms with Crippen LogP contribution in [0.4, 0.5) is 4.39 Å². The van der Waals surface area contributed by atoms with Crippen molar-refractivity contribution < 1.29 is 9.50 Å². The molecule has 0 heterocycles. The van der Waals surface area contributed by atoms with E-state index in [2.05, 4.69) is 0 Å². The summed E-state index contributed by atoms with van der Waals surface area (Å²) in [5, 5.41) is 9.34. The molecule has 1 saturated carbocycles. The van der Waals surface area contributed by atoms with Gasteiger partial charge >= 0.3 is 0 Å². The van der Waals surface area contributed by atoms with E-state index >= 15 is 0 Å². The van der Waals surface area contributed by atoms with Gasteiger partial charge in [0.1, 0.15) is 5.82 Å². The van der Waals surface area contributed by atoms with Crippen LogP contribution in [0.15, 0.2) is 24.3 Å². The molecule has 1 aliphatic carbocycles. The Morgan fingerprint density at radius 1 is 1.15 bits per heavy atom. The van der Waals surface area contributed by atoms with Crippen molar-refractivity contribution in [3.05, 3.63) is 35.6 Å². The van der Waals surface area contributed by atoms with Crippen molar-refractivity contribution in [2.24, 2.45) is 0 Å². The van der Waals surface area contributed by atoms with Crippen molar-refractivity contribution in [1.82, 2.24) is 0 Å². The zero-order chi connectivity index (χ0) is 9.26. The standard InChI is InChI=1S/C11H13FO/c12-10-4-1-8(2-5-10)9-3-6-11(13)7-9/h1-2,4-5,9,11,13H,3,6-7H2/t9-,11-/m0/s1. The van der Waals surface area contributed by atoms with Gasteiger partial charge in [0.2, 0.25) is 0 Å². The summed E-state index contributed by atoms with van der Waals surface area (Å²) in [6, 6.07) is 6.61. The molecule has 0 aliphatic heterocycles. The molecule has 2 rings (SSSR count). The van der Waals surface area contributed by atoms with E-state index in [-0.39, 0.29) is 11.9 Å². The number of aliphatic hydroxyl groups excluding tert-OH is 1. The molecule has 1 aromatic rings. The Labute approximate surface area is 77.2 Å². The van der Waals surface area contributed by atoms with Gasteiger partial charge in [-0.1, -0.05) is 12.1 Å². The number of halogens is 1. The third kappa shape index (κ3) is 1.89. The molecule has 0 amide bonds. The Hall–Kier alpha value is -0.890. The molecule has 1 nitrogen and oxygen atoms in total. The fourth-order valence-electron chi connectivity index (χ4n) is 2.00. The lowest BCUT2D eigenvalue weighted by atomic mass is 9.98. The van der Waals surface area contributed by atoms with Crippen LogP contribution in [0.25, 0.3) is 0 Å². The van der Waals surface area contributed by atoms with Gasteiger partial charge in [-0.05, 0) is 42.9 Å². The lowest BCUT2D eigenvalue weighted by Gasteiger charge is -2.08. The summed E-state index contributed by atoms with van der Waals surface area (Å²) in [5.74, 6) is 0.234. The third-order valence-corrected chi connectivity index (χ3v) is 2.75. The maximum atomic E-state index is 12.6. The molecule has 13 heavy (non-hydrogen) atoms. The number of aliphatic hydroxyl groups is 1. The summed E-state index contributed by atoms with van der Waals surface area (Å²) in [5.41, 5.74) is 1.15. The summed E-state index contributed by atoms with van der Waals surface area (Å²) in [6.45, 7) is 0. The molecule has 0 bridgehead atoms. The molecule has 1 aliphatic rings. The summed E-state index contributed by atoms with van der Waals surface area (Å²) in [6.07, 6.45) is 2.57. The number of hydrogen-bond acceptors (Lipinski definition) is 1. The van der Waals surface area contributed by atoms with Gasteiger partial charge in [-0.15, -0.1) is 0 Å². The van der Waals surface area contributed by atoms with E-state index in [1.165, 1.54) is 12.1 Å². The highest BCUT2D eigenvalue weighted by atomic mass is 19.1. The smallest absolute Gasteiger partial charge is 0.123 e. The molecule has 1 fully saturated rings. The molecular formula is C11H13FO. The lowest BCUT2D eigenvalue weighted by molar-refractivity contribution is 0.181.